The van der Waals surface area contributed by atoms with Gasteiger partial charge in [0.1, 0.15) is 0 Å². The molecule has 29 heavy (non-hydrogen) atoms. The number of likely N-dealkylation sites (tertiary alicyclic amines) is 1. The van der Waals surface area contributed by atoms with Crippen LogP contribution in [0.1, 0.15) is 17.5 Å². The average Bonchev–Trinajstić information content (AvgIpc) is 3.12. The van der Waals surface area contributed by atoms with Crippen LogP contribution in [0.25, 0.3) is 0 Å². The summed E-state index contributed by atoms with van der Waals surface area (Å²) in [5, 5.41) is 5.31. The van der Waals surface area contributed by atoms with Crippen LogP contribution in [-0.2, 0) is 20.8 Å². The molecule has 3 rings (SSSR count). The fourth-order valence-electron chi connectivity index (χ4n) is 3.28. The van der Waals surface area contributed by atoms with Crippen molar-refractivity contribution in [3.8, 4) is 12.3 Å². The number of benzene rings is 2. The molecule has 148 valence electrons. The summed E-state index contributed by atoms with van der Waals surface area (Å²) in [5.41, 5.74) is 2.38. The SMILES string of the molecule is C#Cc1cccc(NC(=O)CNC(=O)C2CC(=O)N(CCc3ccccc3)C2)c1. The Bertz CT molecular complexity index is 934. The summed E-state index contributed by atoms with van der Waals surface area (Å²) in [6.07, 6.45) is 6.27. The Morgan fingerprint density at radius 3 is 2.69 bits per heavy atom. The third-order valence-electron chi connectivity index (χ3n) is 4.83. The lowest BCUT2D eigenvalue weighted by Crippen LogP contribution is -2.38. The van der Waals surface area contributed by atoms with Gasteiger partial charge in [0.15, 0.2) is 0 Å². The lowest BCUT2D eigenvalue weighted by molar-refractivity contribution is -0.129. The third kappa shape index (κ3) is 5.69. The second-order valence-electron chi connectivity index (χ2n) is 6.97. The van der Waals surface area contributed by atoms with E-state index in [4.69, 9.17) is 6.42 Å². The molecule has 1 fully saturated rings. The first-order valence-electron chi connectivity index (χ1n) is 9.51. The second kappa shape index (κ2) is 9.56. The van der Waals surface area contributed by atoms with Gasteiger partial charge in [-0.25, -0.2) is 0 Å². The van der Waals surface area contributed by atoms with Crippen molar-refractivity contribution in [1.82, 2.24) is 10.2 Å². The van der Waals surface area contributed by atoms with Gasteiger partial charge in [0.05, 0.1) is 12.5 Å². The highest BCUT2D eigenvalue weighted by Gasteiger charge is 2.34. The van der Waals surface area contributed by atoms with Crippen LogP contribution in [0, 0.1) is 18.3 Å². The van der Waals surface area contributed by atoms with Gasteiger partial charge in [-0.2, -0.15) is 0 Å². The van der Waals surface area contributed by atoms with Crippen molar-refractivity contribution < 1.29 is 14.4 Å². The Kier molecular flexibility index (Phi) is 6.64. The van der Waals surface area contributed by atoms with Crippen molar-refractivity contribution >= 4 is 23.4 Å². The van der Waals surface area contributed by atoms with E-state index in [1.54, 1.807) is 29.2 Å². The minimum atomic E-state index is -0.434. The Morgan fingerprint density at radius 1 is 1.14 bits per heavy atom. The molecule has 3 amide bonds. The summed E-state index contributed by atoms with van der Waals surface area (Å²) >= 11 is 0. The highest BCUT2D eigenvalue weighted by molar-refractivity contribution is 5.96. The number of hydrogen-bond acceptors (Lipinski definition) is 3. The van der Waals surface area contributed by atoms with E-state index in [9.17, 15) is 14.4 Å². The minimum Gasteiger partial charge on any atom is -0.347 e. The molecule has 0 aromatic heterocycles. The van der Waals surface area contributed by atoms with E-state index in [0.717, 1.165) is 12.0 Å². The molecular formula is C23H23N3O3. The first kappa shape index (κ1) is 20.2. The predicted molar refractivity (Wildman–Crippen MR) is 111 cm³/mol. The normalized spacial score (nSPS) is 15.6. The standard InChI is InChI=1S/C23H23N3O3/c1-2-17-9-6-10-20(13-17)25-21(27)15-24-23(29)19-14-22(28)26(16-19)12-11-18-7-4-3-5-8-18/h1,3-10,13,19H,11-12,14-16H2,(H,24,29)(H,25,27). The third-order valence-corrected chi connectivity index (χ3v) is 4.83. The first-order valence-corrected chi connectivity index (χ1v) is 9.51. The number of nitrogens with one attached hydrogen (secondary N) is 2. The summed E-state index contributed by atoms with van der Waals surface area (Å²) in [7, 11) is 0. The van der Waals surface area contributed by atoms with Crippen molar-refractivity contribution in [2.75, 3.05) is 25.0 Å². The van der Waals surface area contributed by atoms with E-state index in [2.05, 4.69) is 16.6 Å². The number of amides is 3. The van der Waals surface area contributed by atoms with Crippen LogP contribution >= 0.6 is 0 Å². The topological polar surface area (TPSA) is 78.5 Å². The maximum absolute atomic E-state index is 12.4. The van der Waals surface area contributed by atoms with Gasteiger partial charge in [0.25, 0.3) is 0 Å². The van der Waals surface area contributed by atoms with Crippen LogP contribution in [0.15, 0.2) is 54.6 Å². The Morgan fingerprint density at radius 2 is 1.93 bits per heavy atom. The fraction of sp³-hybridized carbons (Fsp3) is 0.261. The molecule has 1 aliphatic rings. The quantitative estimate of drug-likeness (QED) is 0.709. The van der Waals surface area contributed by atoms with Crippen molar-refractivity contribution in [3.05, 3.63) is 65.7 Å². The van der Waals surface area contributed by atoms with E-state index < -0.39 is 5.92 Å². The van der Waals surface area contributed by atoms with Gasteiger partial charge in [-0.3, -0.25) is 14.4 Å². The Labute approximate surface area is 170 Å². The molecule has 1 saturated heterocycles. The maximum atomic E-state index is 12.4. The number of anilines is 1. The smallest absolute Gasteiger partial charge is 0.243 e. The fourth-order valence-corrected chi connectivity index (χ4v) is 3.28. The largest absolute Gasteiger partial charge is 0.347 e. The maximum Gasteiger partial charge on any atom is 0.243 e. The van der Waals surface area contributed by atoms with Crippen molar-refractivity contribution in [2.45, 2.75) is 12.8 Å². The molecule has 6 nitrogen and oxygen atoms in total. The molecule has 1 unspecified atom stereocenters. The zero-order chi connectivity index (χ0) is 20.6. The molecule has 6 heteroatoms. The minimum absolute atomic E-state index is 0.0309. The molecule has 2 aromatic carbocycles. The van der Waals surface area contributed by atoms with Gasteiger partial charge in [0, 0.05) is 30.8 Å². The number of carbonyl (C=O) groups excluding carboxylic acids is 3. The van der Waals surface area contributed by atoms with Crippen LogP contribution in [-0.4, -0.2) is 42.3 Å². The molecule has 1 heterocycles. The molecule has 0 radical (unpaired) electrons. The lowest BCUT2D eigenvalue weighted by Gasteiger charge is -2.16. The highest BCUT2D eigenvalue weighted by atomic mass is 16.2. The number of rotatable bonds is 7. The zero-order valence-corrected chi connectivity index (χ0v) is 16.1. The molecule has 2 aromatic rings. The molecule has 1 aliphatic heterocycles. The van der Waals surface area contributed by atoms with E-state index >= 15 is 0 Å². The molecule has 0 spiro atoms. The zero-order valence-electron chi connectivity index (χ0n) is 16.1. The molecule has 0 aliphatic carbocycles. The molecule has 1 atom stereocenters. The summed E-state index contributed by atoms with van der Waals surface area (Å²) in [5.74, 6) is 1.40. The number of hydrogen-bond donors (Lipinski definition) is 2. The molecule has 0 bridgehead atoms. The van der Waals surface area contributed by atoms with E-state index in [1.165, 1.54) is 0 Å². The average molecular weight is 389 g/mol. The highest BCUT2D eigenvalue weighted by Crippen LogP contribution is 2.18. The van der Waals surface area contributed by atoms with Gasteiger partial charge in [-0.05, 0) is 30.2 Å². The second-order valence-corrected chi connectivity index (χ2v) is 6.97. The van der Waals surface area contributed by atoms with Crippen molar-refractivity contribution in [3.63, 3.8) is 0 Å². The van der Waals surface area contributed by atoms with Crippen LogP contribution in [0.4, 0.5) is 5.69 Å². The number of nitrogens with zero attached hydrogens (tertiary/aromatic N) is 1. The van der Waals surface area contributed by atoms with E-state index in [-0.39, 0.29) is 30.7 Å². The first-order chi connectivity index (χ1) is 14.0. The van der Waals surface area contributed by atoms with Gasteiger partial charge in [-0.15, -0.1) is 6.42 Å². The van der Waals surface area contributed by atoms with Crippen LogP contribution < -0.4 is 10.6 Å². The van der Waals surface area contributed by atoms with E-state index in [1.807, 2.05) is 30.3 Å². The Hall–Kier alpha value is -3.59. The lowest BCUT2D eigenvalue weighted by atomic mass is 10.1. The van der Waals surface area contributed by atoms with Crippen LogP contribution in [0.2, 0.25) is 0 Å². The van der Waals surface area contributed by atoms with E-state index in [0.29, 0.717) is 24.3 Å². The summed E-state index contributed by atoms with van der Waals surface area (Å²) in [6.45, 7) is 0.801. The monoisotopic (exact) mass is 389 g/mol. The van der Waals surface area contributed by atoms with Gasteiger partial charge >= 0.3 is 0 Å². The molecule has 2 N–H and O–H groups in total. The predicted octanol–water partition coefficient (Wildman–Crippen LogP) is 1.81. The van der Waals surface area contributed by atoms with Crippen LogP contribution in [0.5, 0.6) is 0 Å². The number of terminal acetylenes is 1. The van der Waals surface area contributed by atoms with Gasteiger partial charge in [-0.1, -0.05) is 42.3 Å². The Balaban J connectivity index is 1.44. The summed E-state index contributed by atoms with van der Waals surface area (Å²) in [6, 6.07) is 16.8. The summed E-state index contributed by atoms with van der Waals surface area (Å²) in [4.78, 5) is 38.3. The number of carbonyl (C=O) groups is 3. The van der Waals surface area contributed by atoms with Gasteiger partial charge < -0.3 is 15.5 Å². The van der Waals surface area contributed by atoms with Crippen molar-refractivity contribution in [2.24, 2.45) is 5.92 Å². The van der Waals surface area contributed by atoms with Gasteiger partial charge in [0.2, 0.25) is 17.7 Å². The molecule has 0 saturated carbocycles. The van der Waals surface area contributed by atoms with Crippen LogP contribution in [0.3, 0.4) is 0 Å². The van der Waals surface area contributed by atoms with Crippen molar-refractivity contribution in [1.29, 1.82) is 0 Å². The molecular weight excluding hydrogens is 366 g/mol. The summed E-state index contributed by atoms with van der Waals surface area (Å²) < 4.78 is 0.